The van der Waals surface area contributed by atoms with E-state index in [-0.39, 0.29) is 5.56 Å². The fourth-order valence-corrected chi connectivity index (χ4v) is 2.62. The van der Waals surface area contributed by atoms with Crippen molar-refractivity contribution in [3.63, 3.8) is 0 Å². The third kappa shape index (κ3) is 3.73. The molecule has 1 aliphatic rings. The summed E-state index contributed by atoms with van der Waals surface area (Å²) in [5.74, 6) is 1.11. The van der Waals surface area contributed by atoms with Crippen LogP contribution in [0.15, 0.2) is 41.5 Å². The Hall–Kier alpha value is -2.85. The Morgan fingerprint density at radius 2 is 2.17 bits per heavy atom. The van der Waals surface area contributed by atoms with E-state index in [0.29, 0.717) is 30.3 Å². The molecular weight excluding hydrogens is 306 g/mol. The number of nitrogens with zero attached hydrogens (tertiary/aromatic N) is 4. The number of benzene rings is 1. The maximum absolute atomic E-state index is 12.6. The van der Waals surface area contributed by atoms with Gasteiger partial charge in [0.1, 0.15) is 12.4 Å². The van der Waals surface area contributed by atoms with E-state index >= 15 is 0 Å². The molecule has 1 aromatic heterocycles. The summed E-state index contributed by atoms with van der Waals surface area (Å²) in [7, 11) is 0. The highest BCUT2D eigenvalue weighted by Gasteiger charge is 2.16. The van der Waals surface area contributed by atoms with Gasteiger partial charge in [-0.05, 0) is 18.2 Å². The summed E-state index contributed by atoms with van der Waals surface area (Å²) < 4.78 is 7.25. The quantitative estimate of drug-likeness (QED) is 0.867. The summed E-state index contributed by atoms with van der Waals surface area (Å²) in [5.41, 5.74) is 0.448. The number of nitriles is 1. The van der Waals surface area contributed by atoms with E-state index in [1.54, 1.807) is 41.2 Å². The molecule has 24 heavy (non-hydrogen) atoms. The van der Waals surface area contributed by atoms with Crippen molar-refractivity contribution in [3.8, 4) is 11.8 Å². The predicted octanol–water partition coefficient (Wildman–Crippen LogP) is 0.604. The average Bonchev–Trinajstić information content (AvgIpc) is 2.64. The molecule has 1 saturated heterocycles. The minimum absolute atomic E-state index is 0.103. The summed E-state index contributed by atoms with van der Waals surface area (Å²) in [6.45, 7) is 4.05. The van der Waals surface area contributed by atoms with Gasteiger partial charge >= 0.3 is 0 Å². The first-order chi connectivity index (χ1) is 11.8. The van der Waals surface area contributed by atoms with Gasteiger partial charge in [-0.15, -0.1) is 0 Å². The topological polar surface area (TPSA) is 83.2 Å². The standard InChI is InChI=1S/C17H19N5O2/c18-13-14-2-1-3-15(12-14)24-11-10-22-9-6-20-16(17(22)23)21-7-4-19-5-8-21/h1-3,6,9,12,19H,4-5,7-8,10-11H2. The van der Waals surface area contributed by atoms with Crippen molar-refractivity contribution in [2.45, 2.75) is 6.54 Å². The summed E-state index contributed by atoms with van der Waals surface area (Å²) in [6, 6.07) is 9.05. The second kappa shape index (κ2) is 7.62. The summed E-state index contributed by atoms with van der Waals surface area (Å²) in [6.07, 6.45) is 3.32. The van der Waals surface area contributed by atoms with Crippen LogP contribution in [-0.4, -0.2) is 42.3 Å². The molecule has 0 aliphatic carbocycles. The molecule has 2 heterocycles. The van der Waals surface area contributed by atoms with E-state index in [1.165, 1.54) is 0 Å². The van der Waals surface area contributed by atoms with Crippen molar-refractivity contribution < 1.29 is 4.74 Å². The summed E-state index contributed by atoms with van der Waals surface area (Å²) >= 11 is 0. The van der Waals surface area contributed by atoms with Gasteiger partial charge < -0.3 is 19.5 Å². The van der Waals surface area contributed by atoms with Gasteiger partial charge in [0.05, 0.1) is 18.2 Å². The summed E-state index contributed by atoms with van der Waals surface area (Å²) in [5, 5.41) is 12.1. The van der Waals surface area contributed by atoms with Crippen LogP contribution in [0.5, 0.6) is 5.75 Å². The van der Waals surface area contributed by atoms with E-state index < -0.39 is 0 Å². The Balaban J connectivity index is 1.65. The van der Waals surface area contributed by atoms with Gasteiger partial charge in [-0.25, -0.2) is 4.98 Å². The van der Waals surface area contributed by atoms with E-state index in [1.807, 2.05) is 4.90 Å². The Morgan fingerprint density at radius 1 is 1.33 bits per heavy atom. The number of nitrogens with one attached hydrogen (secondary N) is 1. The third-order valence-corrected chi connectivity index (χ3v) is 3.88. The Morgan fingerprint density at radius 3 is 2.96 bits per heavy atom. The van der Waals surface area contributed by atoms with Crippen LogP contribution in [0.3, 0.4) is 0 Å². The minimum Gasteiger partial charge on any atom is -0.492 e. The van der Waals surface area contributed by atoms with Crippen LogP contribution in [0.25, 0.3) is 0 Å². The molecule has 0 amide bonds. The van der Waals surface area contributed by atoms with Crippen molar-refractivity contribution in [3.05, 3.63) is 52.6 Å². The van der Waals surface area contributed by atoms with E-state index in [4.69, 9.17) is 10.00 Å². The fraction of sp³-hybridized carbons (Fsp3) is 0.353. The van der Waals surface area contributed by atoms with Crippen molar-refractivity contribution in [2.24, 2.45) is 0 Å². The second-order valence-electron chi connectivity index (χ2n) is 5.47. The molecule has 0 bridgehead atoms. The molecule has 2 aromatic rings. The predicted molar refractivity (Wildman–Crippen MR) is 90.2 cm³/mol. The SMILES string of the molecule is N#Cc1cccc(OCCn2ccnc(N3CCNCC3)c2=O)c1. The molecule has 124 valence electrons. The number of rotatable bonds is 5. The molecule has 1 N–H and O–H groups in total. The Kier molecular flexibility index (Phi) is 5.08. The highest BCUT2D eigenvalue weighted by atomic mass is 16.5. The molecule has 1 fully saturated rings. The minimum atomic E-state index is -0.103. The van der Waals surface area contributed by atoms with Gasteiger partial charge in [-0.2, -0.15) is 5.26 Å². The van der Waals surface area contributed by atoms with E-state index in [0.717, 1.165) is 26.2 Å². The number of anilines is 1. The van der Waals surface area contributed by atoms with Crippen molar-refractivity contribution >= 4 is 5.82 Å². The first-order valence-corrected chi connectivity index (χ1v) is 7.92. The van der Waals surface area contributed by atoms with Crippen LogP contribution in [0.4, 0.5) is 5.82 Å². The van der Waals surface area contributed by atoms with Gasteiger partial charge in [-0.3, -0.25) is 4.79 Å². The second-order valence-corrected chi connectivity index (χ2v) is 5.47. The average molecular weight is 325 g/mol. The molecule has 1 aliphatic heterocycles. The number of piperazine rings is 1. The van der Waals surface area contributed by atoms with Gasteiger partial charge in [0.25, 0.3) is 5.56 Å². The molecule has 3 rings (SSSR count). The Labute approximate surface area is 140 Å². The van der Waals surface area contributed by atoms with Crippen LogP contribution in [0.1, 0.15) is 5.56 Å². The highest BCUT2D eigenvalue weighted by Crippen LogP contribution is 2.12. The zero-order valence-electron chi connectivity index (χ0n) is 13.3. The first-order valence-electron chi connectivity index (χ1n) is 7.92. The molecule has 0 saturated carbocycles. The number of hydrogen-bond donors (Lipinski definition) is 1. The molecular formula is C17H19N5O2. The molecule has 0 radical (unpaired) electrons. The van der Waals surface area contributed by atoms with Crippen LogP contribution >= 0.6 is 0 Å². The largest absolute Gasteiger partial charge is 0.492 e. The van der Waals surface area contributed by atoms with Crippen molar-refractivity contribution in [1.29, 1.82) is 5.26 Å². The Bertz CT molecular complexity index is 790. The number of ether oxygens (including phenoxy) is 1. The molecule has 0 unspecified atom stereocenters. The zero-order valence-corrected chi connectivity index (χ0v) is 13.3. The van der Waals surface area contributed by atoms with Crippen LogP contribution in [0.2, 0.25) is 0 Å². The van der Waals surface area contributed by atoms with Crippen LogP contribution in [-0.2, 0) is 6.54 Å². The molecule has 0 atom stereocenters. The fourth-order valence-electron chi connectivity index (χ4n) is 2.62. The maximum atomic E-state index is 12.6. The van der Waals surface area contributed by atoms with Gasteiger partial charge in [0, 0.05) is 38.6 Å². The maximum Gasteiger partial charge on any atom is 0.293 e. The van der Waals surface area contributed by atoms with Crippen LogP contribution in [0, 0.1) is 11.3 Å². The third-order valence-electron chi connectivity index (χ3n) is 3.88. The highest BCUT2D eigenvalue weighted by molar-refractivity contribution is 5.37. The number of hydrogen-bond acceptors (Lipinski definition) is 6. The molecule has 7 heteroatoms. The lowest BCUT2D eigenvalue weighted by molar-refractivity contribution is 0.296. The van der Waals surface area contributed by atoms with Gasteiger partial charge in [0.2, 0.25) is 0 Å². The van der Waals surface area contributed by atoms with Gasteiger partial charge in [0.15, 0.2) is 5.82 Å². The zero-order chi connectivity index (χ0) is 16.8. The lowest BCUT2D eigenvalue weighted by atomic mass is 10.2. The van der Waals surface area contributed by atoms with Crippen molar-refractivity contribution in [1.82, 2.24) is 14.9 Å². The lowest BCUT2D eigenvalue weighted by Crippen LogP contribution is -2.46. The molecule has 0 spiro atoms. The lowest BCUT2D eigenvalue weighted by Gasteiger charge is -2.27. The molecule has 7 nitrogen and oxygen atoms in total. The normalized spacial score (nSPS) is 14.2. The van der Waals surface area contributed by atoms with Gasteiger partial charge in [-0.1, -0.05) is 6.07 Å². The summed E-state index contributed by atoms with van der Waals surface area (Å²) in [4.78, 5) is 18.8. The number of aromatic nitrogens is 2. The van der Waals surface area contributed by atoms with Crippen LogP contribution < -0.4 is 20.5 Å². The smallest absolute Gasteiger partial charge is 0.293 e. The van der Waals surface area contributed by atoms with E-state index in [2.05, 4.69) is 16.4 Å². The monoisotopic (exact) mass is 325 g/mol. The first kappa shape index (κ1) is 16.0. The van der Waals surface area contributed by atoms with Crippen molar-refractivity contribution in [2.75, 3.05) is 37.7 Å². The molecule has 1 aromatic carbocycles. The van der Waals surface area contributed by atoms with E-state index in [9.17, 15) is 4.79 Å².